The van der Waals surface area contributed by atoms with Gasteiger partial charge in [0.15, 0.2) is 0 Å². The Morgan fingerprint density at radius 2 is 1.83 bits per heavy atom. The molecule has 35 heavy (non-hydrogen) atoms. The van der Waals surface area contributed by atoms with Crippen LogP contribution in [0.2, 0.25) is 0 Å². The minimum atomic E-state index is -1.09. The lowest BCUT2D eigenvalue weighted by Crippen LogP contribution is -2.56. The summed E-state index contributed by atoms with van der Waals surface area (Å²) in [5, 5.41) is 15.2. The van der Waals surface area contributed by atoms with E-state index in [0.29, 0.717) is 12.0 Å². The first kappa shape index (κ1) is 29.7. The molecule has 0 aromatic heterocycles. The molecule has 0 aliphatic rings. The average Bonchev–Trinajstić information content (AvgIpc) is 2.73. The summed E-state index contributed by atoms with van der Waals surface area (Å²) < 4.78 is 5.37. The zero-order valence-electron chi connectivity index (χ0n) is 22.3. The molecule has 1 aromatic carbocycles. The number of benzene rings is 1. The summed E-state index contributed by atoms with van der Waals surface area (Å²) in [6.45, 7) is 17.9. The molecule has 3 unspecified atom stereocenters. The summed E-state index contributed by atoms with van der Waals surface area (Å²) in [5.74, 6) is -1.24. The van der Waals surface area contributed by atoms with Crippen molar-refractivity contribution in [3.63, 3.8) is 0 Å². The van der Waals surface area contributed by atoms with Crippen LogP contribution in [0.3, 0.4) is 0 Å². The number of nitriles is 1. The highest BCUT2D eigenvalue weighted by molar-refractivity contribution is 5.92. The van der Waals surface area contributed by atoms with Crippen molar-refractivity contribution in [3.8, 4) is 6.07 Å². The van der Waals surface area contributed by atoms with Gasteiger partial charge in [-0.15, -0.1) is 0 Å². The van der Waals surface area contributed by atoms with E-state index in [1.54, 1.807) is 45.0 Å². The van der Waals surface area contributed by atoms with Crippen molar-refractivity contribution in [2.75, 3.05) is 6.54 Å². The van der Waals surface area contributed by atoms with E-state index in [9.17, 15) is 19.6 Å². The summed E-state index contributed by atoms with van der Waals surface area (Å²) in [6, 6.07) is 7.02. The minimum absolute atomic E-state index is 0.276. The van der Waals surface area contributed by atoms with Crippen molar-refractivity contribution in [1.82, 2.24) is 15.5 Å². The van der Waals surface area contributed by atoms with Gasteiger partial charge in [0, 0.05) is 5.54 Å². The number of carbonyl (C=O) groups excluding carboxylic acids is 3. The highest BCUT2D eigenvalue weighted by Crippen LogP contribution is 2.26. The molecule has 192 valence electrons. The number of rotatable bonds is 9. The van der Waals surface area contributed by atoms with Gasteiger partial charge in [0.1, 0.15) is 24.2 Å². The van der Waals surface area contributed by atoms with Gasteiger partial charge < -0.3 is 20.3 Å². The summed E-state index contributed by atoms with van der Waals surface area (Å²) in [5.41, 5.74) is -0.0177. The number of nitrogens with zero attached hydrogens (tertiary/aromatic N) is 2. The molecule has 0 radical (unpaired) electrons. The van der Waals surface area contributed by atoms with Gasteiger partial charge >= 0.3 is 6.09 Å². The molecule has 8 nitrogen and oxygen atoms in total. The van der Waals surface area contributed by atoms with Crippen molar-refractivity contribution >= 4 is 24.0 Å². The van der Waals surface area contributed by atoms with Gasteiger partial charge in [0.25, 0.3) is 0 Å². The Hall–Kier alpha value is -3.34. The van der Waals surface area contributed by atoms with Crippen LogP contribution >= 0.6 is 0 Å². The molecule has 3 amide bonds. The smallest absolute Gasteiger partial charge is 0.408 e. The number of nitrogens with one attached hydrogen (secondary N) is 2. The number of ether oxygens (including phenoxy) is 1. The first-order chi connectivity index (χ1) is 16.1. The monoisotopic (exact) mass is 484 g/mol. The highest BCUT2D eigenvalue weighted by Gasteiger charge is 2.38. The SMILES string of the molecule is C=Cc1cccc(C(C(=O)NC(C)(C)C)N(CC#N)C(=O)C(NC(=O)OC(C)(C)C)C(C)CC)c1. The van der Waals surface area contributed by atoms with Crippen LogP contribution in [-0.4, -0.2) is 46.5 Å². The number of amides is 3. The predicted octanol–water partition coefficient (Wildman–Crippen LogP) is 4.58. The molecule has 0 aliphatic carbocycles. The molecule has 0 spiro atoms. The lowest BCUT2D eigenvalue weighted by Gasteiger charge is -2.36. The summed E-state index contributed by atoms with van der Waals surface area (Å²) in [4.78, 5) is 41.2. The molecular weight excluding hydrogens is 444 g/mol. The van der Waals surface area contributed by atoms with E-state index in [1.807, 2.05) is 46.8 Å². The fraction of sp³-hybridized carbons (Fsp3) is 0.556. The van der Waals surface area contributed by atoms with Gasteiger partial charge in [-0.3, -0.25) is 9.59 Å². The van der Waals surface area contributed by atoms with Gasteiger partial charge in [-0.25, -0.2) is 4.79 Å². The molecule has 1 aromatic rings. The quantitative estimate of drug-likeness (QED) is 0.499. The molecule has 1 rings (SSSR count). The number of carbonyl (C=O) groups is 3. The molecule has 0 aliphatic heterocycles. The third-order valence-corrected chi connectivity index (χ3v) is 5.20. The summed E-state index contributed by atoms with van der Waals surface area (Å²) >= 11 is 0. The number of hydrogen-bond donors (Lipinski definition) is 2. The summed E-state index contributed by atoms with van der Waals surface area (Å²) in [7, 11) is 0. The van der Waals surface area contributed by atoms with Crippen LogP contribution in [0.4, 0.5) is 4.79 Å². The first-order valence-corrected chi connectivity index (χ1v) is 11.8. The third kappa shape index (κ3) is 9.44. The molecule has 3 atom stereocenters. The number of hydrogen-bond acceptors (Lipinski definition) is 5. The van der Waals surface area contributed by atoms with Gasteiger partial charge in [-0.05, 0) is 64.7 Å². The zero-order valence-corrected chi connectivity index (χ0v) is 22.3. The minimum Gasteiger partial charge on any atom is -0.444 e. The van der Waals surface area contributed by atoms with E-state index >= 15 is 0 Å². The normalized spacial score (nSPS) is 14.0. The Kier molecular flexibility index (Phi) is 10.5. The van der Waals surface area contributed by atoms with Crippen LogP contribution in [0.25, 0.3) is 6.08 Å². The van der Waals surface area contributed by atoms with Gasteiger partial charge in [0.2, 0.25) is 11.8 Å². The molecule has 0 saturated heterocycles. The average molecular weight is 485 g/mol. The maximum absolute atomic E-state index is 13.9. The van der Waals surface area contributed by atoms with Crippen molar-refractivity contribution < 1.29 is 19.1 Å². The van der Waals surface area contributed by atoms with Crippen LogP contribution in [0.1, 0.15) is 79.0 Å². The van der Waals surface area contributed by atoms with E-state index in [-0.39, 0.29) is 12.5 Å². The summed E-state index contributed by atoms with van der Waals surface area (Å²) in [6.07, 6.45) is 1.49. The van der Waals surface area contributed by atoms with E-state index in [2.05, 4.69) is 17.2 Å². The van der Waals surface area contributed by atoms with Gasteiger partial charge in [-0.1, -0.05) is 51.1 Å². The van der Waals surface area contributed by atoms with E-state index in [4.69, 9.17) is 4.74 Å². The molecule has 0 fully saturated rings. The lowest BCUT2D eigenvalue weighted by atomic mass is 9.95. The van der Waals surface area contributed by atoms with Crippen LogP contribution in [0.15, 0.2) is 30.8 Å². The predicted molar refractivity (Wildman–Crippen MR) is 137 cm³/mol. The molecule has 0 bridgehead atoms. The number of alkyl carbamates (subject to hydrolysis) is 1. The Morgan fingerprint density at radius 3 is 2.31 bits per heavy atom. The molecular formula is C27H40N4O4. The Labute approximate surface area is 209 Å². The van der Waals surface area contributed by atoms with Crippen molar-refractivity contribution in [2.24, 2.45) is 5.92 Å². The van der Waals surface area contributed by atoms with Crippen LogP contribution < -0.4 is 10.6 Å². The Morgan fingerprint density at radius 1 is 1.20 bits per heavy atom. The standard InChI is InChI=1S/C27H40N4O4/c1-10-18(3)21(29-25(34)35-27(7,8)9)24(33)31(16-15-28)22(23(32)30-26(4,5)6)20-14-12-13-19(11-2)17-20/h11-14,17-18,21-22H,2,10,16H2,1,3-9H3,(H,29,34)(H,30,32). The van der Waals surface area contributed by atoms with Crippen molar-refractivity contribution in [3.05, 3.63) is 42.0 Å². The maximum Gasteiger partial charge on any atom is 0.408 e. The van der Waals surface area contributed by atoms with Crippen LogP contribution in [0.5, 0.6) is 0 Å². The molecule has 2 N–H and O–H groups in total. The second-order valence-electron chi connectivity index (χ2n) is 10.6. The van der Waals surface area contributed by atoms with Crippen molar-refractivity contribution in [2.45, 2.75) is 85.0 Å². The van der Waals surface area contributed by atoms with Crippen LogP contribution in [-0.2, 0) is 14.3 Å². The largest absolute Gasteiger partial charge is 0.444 e. The highest BCUT2D eigenvalue weighted by atomic mass is 16.6. The second-order valence-corrected chi connectivity index (χ2v) is 10.6. The molecule has 0 heterocycles. The first-order valence-electron chi connectivity index (χ1n) is 11.8. The lowest BCUT2D eigenvalue weighted by molar-refractivity contribution is -0.143. The fourth-order valence-electron chi connectivity index (χ4n) is 3.44. The zero-order chi connectivity index (χ0) is 27.0. The van der Waals surface area contributed by atoms with Gasteiger partial charge in [0.05, 0.1) is 6.07 Å². The van der Waals surface area contributed by atoms with Crippen molar-refractivity contribution in [1.29, 1.82) is 5.26 Å². The van der Waals surface area contributed by atoms with E-state index < -0.39 is 41.1 Å². The van der Waals surface area contributed by atoms with E-state index in [0.717, 1.165) is 5.56 Å². The molecule has 8 heteroatoms. The third-order valence-electron chi connectivity index (χ3n) is 5.20. The Balaban J connectivity index is 3.56. The van der Waals surface area contributed by atoms with Gasteiger partial charge in [-0.2, -0.15) is 5.26 Å². The topological polar surface area (TPSA) is 112 Å². The Bertz CT molecular complexity index is 953. The second kappa shape index (κ2) is 12.4. The van der Waals surface area contributed by atoms with E-state index in [1.165, 1.54) is 4.90 Å². The van der Waals surface area contributed by atoms with Crippen LogP contribution in [0, 0.1) is 17.2 Å². The fourth-order valence-corrected chi connectivity index (χ4v) is 3.44. The molecule has 0 saturated carbocycles. The maximum atomic E-state index is 13.9.